The lowest BCUT2D eigenvalue weighted by Gasteiger charge is -2.33. The average Bonchev–Trinajstić information content (AvgIpc) is 2.98. The topological polar surface area (TPSA) is 85.2 Å². The molecule has 154 valence electrons. The highest BCUT2D eigenvalue weighted by Crippen LogP contribution is 2.34. The number of carbonyl (C=O) groups excluding carboxylic acids is 2. The highest BCUT2D eigenvalue weighted by Gasteiger charge is 2.47. The predicted octanol–water partition coefficient (Wildman–Crippen LogP) is 3.58. The number of anilines is 2. The number of hydrogen-bond acceptors (Lipinski definition) is 4. The molecule has 0 aliphatic carbocycles. The van der Waals surface area contributed by atoms with Gasteiger partial charge in [0.2, 0.25) is 0 Å². The molecule has 3 aromatic rings. The van der Waals surface area contributed by atoms with Crippen LogP contribution in [0.2, 0.25) is 0 Å². The van der Waals surface area contributed by atoms with Crippen molar-refractivity contribution in [3.05, 3.63) is 71.0 Å². The number of aryl methyl sites for hydroxylation is 2. The van der Waals surface area contributed by atoms with Gasteiger partial charge in [-0.1, -0.05) is 42.0 Å². The molecule has 7 heteroatoms. The van der Waals surface area contributed by atoms with E-state index < -0.39 is 17.4 Å². The number of carbonyl (C=O) groups is 2. The van der Waals surface area contributed by atoms with E-state index in [2.05, 4.69) is 40.0 Å². The van der Waals surface area contributed by atoms with Crippen molar-refractivity contribution >= 4 is 23.2 Å². The maximum atomic E-state index is 13.1. The number of fused-ring (bicyclic) bond motifs is 1. The Hall–Kier alpha value is -3.61. The minimum Gasteiger partial charge on any atom is -0.466 e. The number of aromatic nitrogens is 2. The van der Waals surface area contributed by atoms with Crippen LogP contribution in [-0.2, 0) is 16.1 Å². The van der Waals surface area contributed by atoms with Crippen molar-refractivity contribution in [2.45, 2.75) is 39.8 Å². The second kappa shape index (κ2) is 7.33. The van der Waals surface area contributed by atoms with Crippen LogP contribution in [-0.4, -0.2) is 27.2 Å². The third-order valence-corrected chi connectivity index (χ3v) is 5.39. The molecule has 0 radical (unpaired) electrons. The Labute approximate surface area is 175 Å². The number of amides is 2. The molecule has 2 amide bonds. The number of nitrogens with zero attached hydrogens (tertiary/aromatic N) is 2. The van der Waals surface area contributed by atoms with Crippen molar-refractivity contribution < 1.29 is 14.3 Å². The monoisotopic (exact) mass is 404 g/mol. The summed E-state index contributed by atoms with van der Waals surface area (Å²) < 4.78 is 7.65. The molecule has 2 heterocycles. The Morgan fingerprint density at radius 1 is 1.13 bits per heavy atom. The Morgan fingerprint density at radius 3 is 2.57 bits per heavy atom. The van der Waals surface area contributed by atoms with Crippen molar-refractivity contribution in [2.75, 3.05) is 10.6 Å². The van der Waals surface area contributed by atoms with Gasteiger partial charge in [-0.2, -0.15) is 5.10 Å². The van der Waals surface area contributed by atoms with E-state index in [-0.39, 0.29) is 0 Å². The van der Waals surface area contributed by atoms with Crippen LogP contribution in [0.25, 0.3) is 0 Å². The Kier molecular flexibility index (Phi) is 4.81. The van der Waals surface area contributed by atoms with Crippen LogP contribution in [0, 0.1) is 20.8 Å². The number of hydrogen-bond donors (Lipinski definition) is 2. The SMILES string of the molecule is Cc1ccc(Cn2nc(C)c(NC(=O)C3(C)Oc4ccccc4NC3=O)c2C)cc1. The van der Waals surface area contributed by atoms with E-state index in [9.17, 15) is 9.59 Å². The summed E-state index contributed by atoms with van der Waals surface area (Å²) in [6, 6.07) is 15.3. The lowest BCUT2D eigenvalue weighted by Crippen LogP contribution is -2.56. The lowest BCUT2D eigenvalue weighted by molar-refractivity contribution is -0.143. The normalized spacial score (nSPS) is 17.7. The minimum atomic E-state index is -1.69. The van der Waals surface area contributed by atoms with Crippen molar-refractivity contribution in [1.82, 2.24) is 9.78 Å². The molecule has 1 aliphatic rings. The molecule has 0 saturated carbocycles. The third kappa shape index (κ3) is 3.43. The van der Waals surface area contributed by atoms with Crippen LogP contribution in [0.15, 0.2) is 48.5 Å². The average molecular weight is 404 g/mol. The molecule has 0 saturated heterocycles. The van der Waals surface area contributed by atoms with Crippen LogP contribution in [0.3, 0.4) is 0 Å². The van der Waals surface area contributed by atoms with Crippen LogP contribution < -0.4 is 15.4 Å². The predicted molar refractivity (Wildman–Crippen MR) is 115 cm³/mol. The first-order chi connectivity index (χ1) is 14.3. The molecule has 1 aromatic heterocycles. The van der Waals surface area contributed by atoms with E-state index in [1.165, 1.54) is 12.5 Å². The summed E-state index contributed by atoms with van der Waals surface area (Å²) >= 11 is 0. The van der Waals surface area contributed by atoms with Crippen molar-refractivity contribution in [2.24, 2.45) is 0 Å². The van der Waals surface area contributed by atoms with Gasteiger partial charge in [-0.05, 0) is 45.4 Å². The van der Waals surface area contributed by atoms with E-state index in [4.69, 9.17) is 4.74 Å². The van der Waals surface area contributed by atoms with Gasteiger partial charge >= 0.3 is 0 Å². The number of nitrogens with one attached hydrogen (secondary N) is 2. The van der Waals surface area contributed by atoms with Gasteiger partial charge in [0, 0.05) is 0 Å². The first-order valence-electron chi connectivity index (χ1n) is 9.78. The molecule has 1 unspecified atom stereocenters. The van der Waals surface area contributed by atoms with E-state index in [1.54, 1.807) is 24.3 Å². The highest BCUT2D eigenvalue weighted by molar-refractivity contribution is 6.19. The molecule has 4 rings (SSSR count). The standard InChI is InChI=1S/C23H24N4O3/c1-14-9-11-17(12-10-14)13-27-16(3)20(15(2)26-27)25-22(29)23(4)21(28)24-18-7-5-6-8-19(18)30-23/h5-12H,13H2,1-4H3,(H,24,28)(H,25,29). The second-order valence-electron chi connectivity index (χ2n) is 7.73. The van der Waals surface area contributed by atoms with Gasteiger partial charge in [0.25, 0.3) is 17.4 Å². The van der Waals surface area contributed by atoms with Gasteiger partial charge in [0.1, 0.15) is 5.75 Å². The highest BCUT2D eigenvalue weighted by atomic mass is 16.5. The molecule has 0 spiro atoms. The van der Waals surface area contributed by atoms with Crippen molar-refractivity contribution in [1.29, 1.82) is 0 Å². The summed E-state index contributed by atoms with van der Waals surface area (Å²) in [7, 11) is 0. The Bertz CT molecular complexity index is 1130. The maximum absolute atomic E-state index is 13.1. The summed E-state index contributed by atoms with van der Waals surface area (Å²) in [5.74, 6) is -0.602. The fourth-order valence-corrected chi connectivity index (χ4v) is 3.45. The van der Waals surface area contributed by atoms with Crippen LogP contribution >= 0.6 is 0 Å². The molecular formula is C23H24N4O3. The number of para-hydroxylation sites is 2. The summed E-state index contributed by atoms with van der Waals surface area (Å²) in [5, 5.41) is 10.2. The van der Waals surface area contributed by atoms with Crippen molar-refractivity contribution in [3.63, 3.8) is 0 Å². The first-order valence-corrected chi connectivity index (χ1v) is 9.78. The fraction of sp³-hybridized carbons (Fsp3) is 0.261. The molecule has 0 fully saturated rings. The van der Waals surface area contributed by atoms with Crippen LogP contribution in [0.4, 0.5) is 11.4 Å². The number of ether oxygens (including phenoxy) is 1. The molecule has 7 nitrogen and oxygen atoms in total. The summed E-state index contributed by atoms with van der Waals surface area (Å²) in [6.07, 6.45) is 0. The number of benzene rings is 2. The van der Waals surface area contributed by atoms with E-state index in [0.29, 0.717) is 29.4 Å². The summed E-state index contributed by atoms with van der Waals surface area (Å²) in [4.78, 5) is 25.7. The lowest BCUT2D eigenvalue weighted by atomic mass is 10.0. The summed E-state index contributed by atoms with van der Waals surface area (Å²) in [5.41, 5.74) is 3.24. The quantitative estimate of drug-likeness (QED) is 0.651. The zero-order valence-corrected chi connectivity index (χ0v) is 17.4. The molecule has 30 heavy (non-hydrogen) atoms. The molecule has 2 N–H and O–H groups in total. The maximum Gasteiger partial charge on any atom is 0.278 e. The molecular weight excluding hydrogens is 380 g/mol. The molecule has 0 bridgehead atoms. The Morgan fingerprint density at radius 2 is 1.83 bits per heavy atom. The minimum absolute atomic E-state index is 0.457. The van der Waals surface area contributed by atoms with E-state index >= 15 is 0 Å². The molecule has 1 aliphatic heterocycles. The van der Waals surface area contributed by atoms with Gasteiger partial charge in [0.05, 0.1) is 29.3 Å². The van der Waals surface area contributed by atoms with Crippen LogP contribution in [0.5, 0.6) is 5.75 Å². The van der Waals surface area contributed by atoms with Gasteiger partial charge in [-0.15, -0.1) is 0 Å². The van der Waals surface area contributed by atoms with Gasteiger partial charge in [-0.3, -0.25) is 14.3 Å². The van der Waals surface area contributed by atoms with Crippen LogP contribution in [0.1, 0.15) is 29.4 Å². The zero-order valence-electron chi connectivity index (χ0n) is 17.4. The zero-order chi connectivity index (χ0) is 21.5. The number of rotatable bonds is 4. The third-order valence-electron chi connectivity index (χ3n) is 5.39. The molecule has 1 atom stereocenters. The fourth-order valence-electron chi connectivity index (χ4n) is 3.45. The van der Waals surface area contributed by atoms with Gasteiger partial charge in [0.15, 0.2) is 0 Å². The van der Waals surface area contributed by atoms with Gasteiger partial charge in [-0.25, -0.2) is 0 Å². The Balaban J connectivity index is 1.57. The van der Waals surface area contributed by atoms with Gasteiger partial charge < -0.3 is 15.4 Å². The van der Waals surface area contributed by atoms with E-state index in [1.807, 2.05) is 25.5 Å². The summed E-state index contributed by atoms with van der Waals surface area (Å²) in [6.45, 7) is 7.82. The second-order valence-corrected chi connectivity index (χ2v) is 7.73. The largest absolute Gasteiger partial charge is 0.466 e. The van der Waals surface area contributed by atoms with E-state index in [0.717, 1.165) is 11.3 Å². The molecule has 2 aromatic carbocycles. The smallest absolute Gasteiger partial charge is 0.278 e. The first kappa shape index (κ1) is 19.7. The van der Waals surface area contributed by atoms with Crippen molar-refractivity contribution in [3.8, 4) is 5.75 Å².